The Morgan fingerprint density at radius 3 is 1.65 bits per heavy atom. The van der Waals surface area contributed by atoms with Crippen molar-refractivity contribution in [1.82, 2.24) is 0 Å². The van der Waals surface area contributed by atoms with E-state index in [4.69, 9.17) is 4.74 Å². The van der Waals surface area contributed by atoms with Crippen molar-refractivity contribution in [1.29, 1.82) is 0 Å². The summed E-state index contributed by atoms with van der Waals surface area (Å²) in [4.78, 5) is 10.5. The van der Waals surface area contributed by atoms with Crippen molar-refractivity contribution in [2.75, 3.05) is 6.61 Å². The molecule has 0 heterocycles. The molecule has 0 N–H and O–H groups in total. The molecule has 0 unspecified atom stereocenters. The van der Waals surface area contributed by atoms with Crippen molar-refractivity contribution in [3.8, 4) is 0 Å². The van der Waals surface area contributed by atoms with Crippen LogP contribution in [0.2, 0.25) is 0 Å². The van der Waals surface area contributed by atoms with Crippen LogP contribution >= 0.6 is 0 Å². The molecule has 2 nitrogen and oxygen atoms in total. The van der Waals surface area contributed by atoms with Gasteiger partial charge in [0.25, 0.3) is 0 Å². The Hall–Kier alpha value is -0.530. The molecule has 0 atom stereocenters. The minimum Gasteiger partial charge on any atom is -0.466 e. The summed E-state index contributed by atoms with van der Waals surface area (Å²) in [5, 5.41) is 0. The van der Waals surface area contributed by atoms with Gasteiger partial charge in [0.15, 0.2) is 0 Å². The van der Waals surface area contributed by atoms with E-state index in [-0.39, 0.29) is 5.97 Å². The second kappa shape index (κ2) is 13.5. The van der Waals surface area contributed by atoms with Crippen molar-refractivity contribution >= 4 is 5.97 Å². The maximum atomic E-state index is 10.5. The Labute approximate surface area is 107 Å². The zero-order valence-electron chi connectivity index (χ0n) is 11.5. The number of hydrogen-bond acceptors (Lipinski definition) is 2. The van der Waals surface area contributed by atoms with Crippen LogP contribution in [-0.2, 0) is 9.53 Å². The summed E-state index contributed by atoms with van der Waals surface area (Å²) in [6.45, 7) is 5.91. The molecule has 0 aromatic heterocycles. The molecule has 0 aliphatic heterocycles. The summed E-state index contributed by atoms with van der Waals surface area (Å²) < 4.78 is 4.88. The Kier molecular flexibility index (Phi) is 13.1. The van der Waals surface area contributed by atoms with E-state index in [1.807, 2.05) is 0 Å². The van der Waals surface area contributed by atoms with E-state index in [1.165, 1.54) is 64.7 Å². The number of hydrogen-bond donors (Lipinski definition) is 0. The van der Waals surface area contributed by atoms with E-state index in [1.54, 1.807) is 0 Å². The molecule has 0 aliphatic carbocycles. The van der Waals surface area contributed by atoms with Crippen molar-refractivity contribution in [3.05, 3.63) is 6.92 Å². The van der Waals surface area contributed by atoms with Gasteiger partial charge in [-0.15, -0.1) is 0 Å². The molecule has 0 aromatic carbocycles. The predicted molar refractivity (Wildman–Crippen MR) is 72.8 cm³/mol. The first-order valence-corrected chi connectivity index (χ1v) is 7.20. The van der Waals surface area contributed by atoms with Crippen molar-refractivity contribution in [2.45, 2.75) is 77.6 Å². The standard InChI is InChI=1S/C15H29O2/c1-3-4-5-6-7-8-9-10-11-12-13-14-17-15(2)16/h1,3-14H2,2H3. The van der Waals surface area contributed by atoms with Crippen LogP contribution in [0.15, 0.2) is 0 Å². The average molecular weight is 241 g/mol. The van der Waals surface area contributed by atoms with Gasteiger partial charge in [-0.2, -0.15) is 0 Å². The molecule has 2 heteroatoms. The van der Waals surface area contributed by atoms with Crippen LogP contribution in [0.4, 0.5) is 0 Å². The van der Waals surface area contributed by atoms with Gasteiger partial charge in [-0.25, -0.2) is 0 Å². The van der Waals surface area contributed by atoms with E-state index >= 15 is 0 Å². The summed E-state index contributed by atoms with van der Waals surface area (Å²) in [6, 6.07) is 0. The van der Waals surface area contributed by atoms with Gasteiger partial charge in [0.1, 0.15) is 0 Å². The van der Waals surface area contributed by atoms with Gasteiger partial charge in [0.05, 0.1) is 6.61 Å². The average Bonchev–Trinajstić information content (AvgIpc) is 2.30. The smallest absolute Gasteiger partial charge is 0.302 e. The predicted octanol–water partition coefficient (Wildman–Crippen LogP) is 4.67. The molecule has 0 bridgehead atoms. The topological polar surface area (TPSA) is 26.3 Å². The first-order valence-electron chi connectivity index (χ1n) is 7.20. The van der Waals surface area contributed by atoms with E-state index < -0.39 is 0 Å². The highest BCUT2D eigenvalue weighted by Gasteiger charge is 1.94. The molecule has 0 saturated carbocycles. The van der Waals surface area contributed by atoms with Crippen LogP contribution in [0.3, 0.4) is 0 Å². The minimum atomic E-state index is -0.160. The van der Waals surface area contributed by atoms with E-state index in [2.05, 4.69) is 6.92 Å². The number of esters is 1. The van der Waals surface area contributed by atoms with Crippen LogP contribution in [0.25, 0.3) is 0 Å². The highest BCUT2D eigenvalue weighted by Crippen LogP contribution is 2.11. The van der Waals surface area contributed by atoms with Crippen LogP contribution in [-0.4, -0.2) is 12.6 Å². The second-order valence-electron chi connectivity index (χ2n) is 4.73. The fraction of sp³-hybridized carbons (Fsp3) is 0.867. The molecule has 0 rings (SSSR count). The third kappa shape index (κ3) is 15.5. The SMILES string of the molecule is [CH2]CCCCCCCCCCCCOC(C)=O. The van der Waals surface area contributed by atoms with Crippen LogP contribution in [0, 0.1) is 6.92 Å². The Morgan fingerprint density at radius 2 is 1.24 bits per heavy atom. The second-order valence-corrected chi connectivity index (χ2v) is 4.73. The Morgan fingerprint density at radius 1 is 0.824 bits per heavy atom. The van der Waals surface area contributed by atoms with Gasteiger partial charge in [0.2, 0.25) is 0 Å². The molecular weight excluding hydrogens is 212 g/mol. The summed E-state index contributed by atoms with van der Waals surface area (Å²) >= 11 is 0. The quantitative estimate of drug-likeness (QED) is 0.366. The molecule has 0 amide bonds. The number of carbonyl (C=O) groups is 1. The maximum absolute atomic E-state index is 10.5. The molecule has 0 spiro atoms. The third-order valence-electron chi connectivity index (χ3n) is 2.95. The lowest BCUT2D eigenvalue weighted by Crippen LogP contribution is -2.00. The Balaban J connectivity index is 2.91. The third-order valence-corrected chi connectivity index (χ3v) is 2.95. The summed E-state index contributed by atoms with van der Waals surface area (Å²) in [5.74, 6) is -0.160. The van der Waals surface area contributed by atoms with Crippen LogP contribution in [0.1, 0.15) is 77.6 Å². The lowest BCUT2D eigenvalue weighted by atomic mass is 10.1. The number of unbranched alkanes of at least 4 members (excludes halogenated alkanes) is 10. The zero-order chi connectivity index (χ0) is 12.8. The molecule has 0 fully saturated rings. The van der Waals surface area contributed by atoms with Crippen LogP contribution in [0.5, 0.6) is 0 Å². The highest BCUT2D eigenvalue weighted by molar-refractivity contribution is 5.65. The van der Waals surface area contributed by atoms with E-state index in [0.717, 1.165) is 12.8 Å². The van der Waals surface area contributed by atoms with Gasteiger partial charge in [0, 0.05) is 6.92 Å². The summed E-state index contributed by atoms with van der Waals surface area (Å²) in [6.07, 6.45) is 14.0. The first kappa shape index (κ1) is 16.5. The molecule has 0 aromatic rings. The maximum Gasteiger partial charge on any atom is 0.302 e. The lowest BCUT2D eigenvalue weighted by Gasteiger charge is -2.03. The number of ether oxygens (including phenoxy) is 1. The molecule has 0 aliphatic rings. The van der Waals surface area contributed by atoms with Crippen molar-refractivity contribution in [3.63, 3.8) is 0 Å². The molecule has 1 radical (unpaired) electrons. The van der Waals surface area contributed by atoms with Gasteiger partial charge < -0.3 is 4.74 Å². The molecule has 0 saturated heterocycles. The van der Waals surface area contributed by atoms with Crippen molar-refractivity contribution in [2.24, 2.45) is 0 Å². The van der Waals surface area contributed by atoms with Gasteiger partial charge in [-0.05, 0) is 6.42 Å². The van der Waals surface area contributed by atoms with E-state index in [0.29, 0.717) is 6.61 Å². The zero-order valence-corrected chi connectivity index (χ0v) is 11.5. The fourth-order valence-corrected chi connectivity index (χ4v) is 1.91. The van der Waals surface area contributed by atoms with Gasteiger partial charge in [-0.3, -0.25) is 4.79 Å². The normalized spacial score (nSPS) is 10.5. The van der Waals surface area contributed by atoms with Gasteiger partial charge >= 0.3 is 5.97 Å². The van der Waals surface area contributed by atoms with Gasteiger partial charge in [-0.1, -0.05) is 71.1 Å². The monoisotopic (exact) mass is 241 g/mol. The van der Waals surface area contributed by atoms with Crippen LogP contribution < -0.4 is 0 Å². The fourth-order valence-electron chi connectivity index (χ4n) is 1.91. The molecule has 17 heavy (non-hydrogen) atoms. The lowest BCUT2D eigenvalue weighted by molar-refractivity contribution is -0.141. The number of carbonyl (C=O) groups excluding carboxylic acids is 1. The summed E-state index contributed by atoms with van der Waals surface area (Å²) in [7, 11) is 0. The van der Waals surface area contributed by atoms with E-state index in [9.17, 15) is 4.79 Å². The largest absolute Gasteiger partial charge is 0.466 e. The highest BCUT2D eigenvalue weighted by atomic mass is 16.5. The van der Waals surface area contributed by atoms with Crippen molar-refractivity contribution < 1.29 is 9.53 Å². The molecular formula is C15H29O2. The molecule has 101 valence electrons. The Bertz CT molecular complexity index is 166. The minimum absolute atomic E-state index is 0.160. The first-order chi connectivity index (χ1) is 8.27. The number of rotatable bonds is 12. The summed E-state index contributed by atoms with van der Waals surface area (Å²) in [5.41, 5.74) is 0.